The van der Waals surface area contributed by atoms with Gasteiger partial charge in [-0.15, -0.1) is 0 Å². The van der Waals surface area contributed by atoms with Gasteiger partial charge in [-0.3, -0.25) is 14.4 Å². The number of ether oxygens (including phenoxy) is 2. The molecule has 1 heterocycles. The molecule has 1 amide bonds. The number of carbonyl (C=O) groups excluding carboxylic acids is 4. The average molecular weight is 319 g/mol. The maximum absolute atomic E-state index is 11.5. The topological polar surface area (TPSA) is 98.8 Å². The molecule has 1 aromatic rings. The monoisotopic (exact) mass is 319 g/mol. The van der Waals surface area contributed by atoms with Crippen molar-refractivity contribution in [2.75, 3.05) is 11.9 Å². The lowest BCUT2D eigenvalue weighted by molar-refractivity contribution is -0.154. The van der Waals surface area contributed by atoms with Gasteiger partial charge >= 0.3 is 5.97 Å². The Labute approximate surface area is 132 Å². The van der Waals surface area contributed by atoms with E-state index in [4.69, 9.17) is 9.47 Å². The minimum absolute atomic E-state index is 0.0265. The van der Waals surface area contributed by atoms with Crippen LogP contribution in [-0.2, 0) is 30.3 Å². The molecule has 0 aliphatic carbocycles. The first-order valence-corrected chi connectivity index (χ1v) is 7.07. The number of rotatable bonds is 5. The summed E-state index contributed by atoms with van der Waals surface area (Å²) in [5, 5.41) is 2.52. The van der Waals surface area contributed by atoms with Crippen molar-refractivity contribution in [1.82, 2.24) is 0 Å². The predicted molar refractivity (Wildman–Crippen MR) is 80.2 cm³/mol. The van der Waals surface area contributed by atoms with E-state index in [-0.39, 0.29) is 12.7 Å². The highest BCUT2D eigenvalue weighted by Crippen LogP contribution is 2.34. The SMILES string of the molecule is CC(=O)C(=O)Nc1cc2c(cc1C)CC(COC(=O)C(C)=O)O2. The third kappa shape index (κ3) is 3.94. The first kappa shape index (κ1) is 16.7. The molecule has 0 aromatic heterocycles. The van der Waals surface area contributed by atoms with Crippen molar-refractivity contribution in [1.29, 1.82) is 0 Å². The number of fused-ring (bicyclic) bond motifs is 1. The number of nitrogens with one attached hydrogen (secondary N) is 1. The average Bonchev–Trinajstić information content (AvgIpc) is 2.86. The van der Waals surface area contributed by atoms with Gasteiger partial charge < -0.3 is 14.8 Å². The fraction of sp³-hybridized carbons (Fsp3) is 0.375. The minimum atomic E-state index is -0.893. The summed E-state index contributed by atoms with van der Waals surface area (Å²) in [5.41, 5.74) is 2.20. The van der Waals surface area contributed by atoms with E-state index in [2.05, 4.69) is 5.32 Å². The Morgan fingerprint density at radius 1 is 1.22 bits per heavy atom. The molecule has 23 heavy (non-hydrogen) atoms. The maximum atomic E-state index is 11.5. The van der Waals surface area contributed by atoms with Crippen LogP contribution in [0.3, 0.4) is 0 Å². The Balaban J connectivity index is 2.05. The van der Waals surface area contributed by atoms with Gasteiger partial charge in [0.15, 0.2) is 0 Å². The first-order valence-electron chi connectivity index (χ1n) is 7.07. The first-order chi connectivity index (χ1) is 10.8. The van der Waals surface area contributed by atoms with Gasteiger partial charge in [-0.25, -0.2) is 4.79 Å². The lowest BCUT2D eigenvalue weighted by Crippen LogP contribution is -2.25. The van der Waals surface area contributed by atoms with Crippen molar-refractivity contribution in [3.63, 3.8) is 0 Å². The largest absolute Gasteiger partial charge is 0.486 e. The van der Waals surface area contributed by atoms with Crippen LogP contribution >= 0.6 is 0 Å². The van der Waals surface area contributed by atoms with Gasteiger partial charge in [0.05, 0.1) is 0 Å². The summed E-state index contributed by atoms with van der Waals surface area (Å²) in [7, 11) is 0. The molecule has 1 N–H and O–H groups in total. The Morgan fingerprint density at radius 2 is 1.91 bits per heavy atom. The normalized spacial score (nSPS) is 15.3. The van der Waals surface area contributed by atoms with Crippen LogP contribution < -0.4 is 10.1 Å². The number of esters is 1. The molecule has 0 radical (unpaired) electrons. The fourth-order valence-corrected chi connectivity index (χ4v) is 2.19. The lowest BCUT2D eigenvalue weighted by atomic mass is 10.1. The lowest BCUT2D eigenvalue weighted by Gasteiger charge is -2.11. The molecule has 122 valence electrons. The second-order valence-electron chi connectivity index (χ2n) is 5.38. The second kappa shape index (κ2) is 6.60. The number of ketones is 2. The Kier molecular flexibility index (Phi) is 4.78. The van der Waals surface area contributed by atoms with Gasteiger partial charge in [-0.2, -0.15) is 0 Å². The molecular weight excluding hydrogens is 302 g/mol. The van der Waals surface area contributed by atoms with Crippen LogP contribution in [0.25, 0.3) is 0 Å². The summed E-state index contributed by atoms with van der Waals surface area (Å²) in [4.78, 5) is 44.5. The van der Waals surface area contributed by atoms with E-state index < -0.39 is 23.4 Å². The van der Waals surface area contributed by atoms with Crippen molar-refractivity contribution in [3.8, 4) is 5.75 Å². The highest BCUT2D eigenvalue weighted by molar-refractivity contribution is 6.39. The molecule has 0 saturated heterocycles. The molecule has 1 aromatic carbocycles. The number of Topliss-reactive ketones (excluding diaryl/α,β-unsaturated/α-hetero) is 2. The molecule has 7 nitrogen and oxygen atoms in total. The number of anilines is 1. The molecule has 1 aliphatic rings. The zero-order valence-electron chi connectivity index (χ0n) is 13.1. The highest BCUT2D eigenvalue weighted by Gasteiger charge is 2.26. The van der Waals surface area contributed by atoms with Gasteiger partial charge in [-0.05, 0) is 18.1 Å². The molecule has 1 atom stereocenters. The summed E-state index contributed by atoms with van der Waals surface area (Å²) in [6.45, 7) is 4.11. The molecule has 7 heteroatoms. The molecular formula is C16H17NO6. The summed E-state index contributed by atoms with van der Waals surface area (Å²) >= 11 is 0. The zero-order chi connectivity index (χ0) is 17.1. The fourth-order valence-electron chi connectivity index (χ4n) is 2.19. The van der Waals surface area contributed by atoms with Crippen LogP contribution in [0.15, 0.2) is 12.1 Å². The van der Waals surface area contributed by atoms with Crippen molar-refractivity contribution in [2.45, 2.75) is 33.3 Å². The van der Waals surface area contributed by atoms with Crippen LogP contribution in [0.4, 0.5) is 5.69 Å². The Hall–Kier alpha value is -2.70. The summed E-state index contributed by atoms with van der Waals surface area (Å²) < 4.78 is 10.5. The van der Waals surface area contributed by atoms with E-state index in [0.29, 0.717) is 17.9 Å². The standard InChI is InChI=1S/C16H17NO6/c1-8-4-11-5-12(7-22-16(21)10(3)19)23-14(11)6-13(8)17-15(20)9(2)18/h4,6,12H,5,7H2,1-3H3,(H,17,20). The molecule has 0 spiro atoms. The summed E-state index contributed by atoms with van der Waals surface area (Å²) in [5.74, 6) is -2.28. The van der Waals surface area contributed by atoms with Crippen molar-refractivity contribution in [2.24, 2.45) is 0 Å². The van der Waals surface area contributed by atoms with Crippen molar-refractivity contribution >= 4 is 29.1 Å². The molecule has 0 saturated carbocycles. The van der Waals surface area contributed by atoms with E-state index in [9.17, 15) is 19.2 Å². The molecule has 2 rings (SSSR count). The predicted octanol–water partition coefficient (Wildman–Crippen LogP) is 0.958. The van der Waals surface area contributed by atoms with E-state index in [1.807, 2.05) is 6.07 Å². The van der Waals surface area contributed by atoms with Gasteiger partial charge in [0.2, 0.25) is 11.6 Å². The van der Waals surface area contributed by atoms with Crippen LogP contribution in [0, 0.1) is 6.92 Å². The number of amides is 1. The zero-order valence-corrected chi connectivity index (χ0v) is 13.1. The molecule has 0 fully saturated rings. The van der Waals surface area contributed by atoms with Gasteiger partial charge in [0.1, 0.15) is 18.5 Å². The number of carbonyl (C=O) groups is 4. The number of benzene rings is 1. The maximum Gasteiger partial charge on any atom is 0.374 e. The summed E-state index contributed by atoms with van der Waals surface area (Å²) in [6.07, 6.45) is 0.147. The van der Waals surface area contributed by atoms with Gasteiger partial charge in [-0.1, -0.05) is 6.07 Å². The number of hydrogen-bond donors (Lipinski definition) is 1. The van der Waals surface area contributed by atoms with E-state index in [1.54, 1.807) is 13.0 Å². The van der Waals surface area contributed by atoms with Gasteiger partial charge in [0.25, 0.3) is 5.91 Å². The molecule has 1 aliphatic heterocycles. The molecule has 1 unspecified atom stereocenters. The van der Waals surface area contributed by atoms with Crippen molar-refractivity contribution < 1.29 is 28.7 Å². The van der Waals surface area contributed by atoms with E-state index >= 15 is 0 Å². The number of hydrogen-bond acceptors (Lipinski definition) is 6. The minimum Gasteiger partial charge on any atom is -0.486 e. The summed E-state index contributed by atoms with van der Waals surface area (Å²) in [6, 6.07) is 3.48. The highest BCUT2D eigenvalue weighted by atomic mass is 16.6. The van der Waals surface area contributed by atoms with E-state index in [0.717, 1.165) is 18.1 Å². The van der Waals surface area contributed by atoms with Gasteiger partial charge in [0, 0.05) is 32.0 Å². The third-order valence-electron chi connectivity index (χ3n) is 3.40. The third-order valence-corrected chi connectivity index (χ3v) is 3.40. The van der Waals surface area contributed by atoms with Crippen LogP contribution in [0.1, 0.15) is 25.0 Å². The number of aryl methyl sites for hydroxylation is 1. The van der Waals surface area contributed by atoms with Crippen LogP contribution in [0.2, 0.25) is 0 Å². The molecule has 0 bridgehead atoms. The van der Waals surface area contributed by atoms with Crippen LogP contribution in [-0.4, -0.2) is 36.2 Å². The van der Waals surface area contributed by atoms with E-state index in [1.165, 1.54) is 6.92 Å². The quantitative estimate of drug-likeness (QED) is 0.641. The smallest absolute Gasteiger partial charge is 0.374 e. The van der Waals surface area contributed by atoms with Crippen molar-refractivity contribution in [3.05, 3.63) is 23.3 Å². The second-order valence-corrected chi connectivity index (χ2v) is 5.38. The Bertz CT molecular complexity index is 694. The Morgan fingerprint density at radius 3 is 2.52 bits per heavy atom. The van der Waals surface area contributed by atoms with Crippen LogP contribution in [0.5, 0.6) is 5.75 Å².